The van der Waals surface area contributed by atoms with Crippen LogP contribution in [0.2, 0.25) is 0 Å². The molecule has 1 unspecified atom stereocenters. The molecule has 144 valence electrons. The molecule has 0 saturated carbocycles. The van der Waals surface area contributed by atoms with Gasteiger partial charge in [-0.25, -0.2) is 4.79 Å². The number of hydrogen-bond donors (Lipinski definition) is 1. The van der Waals surface area contributed by atoms with Gasteiger partial charge in [0.05, 0.1) is 17.2 Å². The third-order valence-corrected chi connectivity index (χ3v) is 4.61. The topological polar surface area (TPSA) is 52.7 Å². The quantitative estimate of drug-likeness (QED) is 0.875. The molecule has 1 aromatic rings. The fraction of sp³-hybridized carbons (Fsp3) is 0.556. The summed E-state index contributed by atoms with van der Waals surface area (Å²) in [6.07, 6.45) is -3.22. The van der Waals surface area contributed by atoms with E-state index in [-0.39, 0.29) is 24.1 Å². The fourth-order valence-corrected chi connectivity index (χ4v) is 3.19. The highest BCUT2D eigenvalue weighted by molar-refractivity contribution is 5.91. The van der Waals surface area contributed by atoms with Crippen LogP contribution in [0.4, 0.5) is 23.7 Å². The van der Waals surface area contributed by atoms with Crippen LogP contribution in [0.3, 0.4) is 0 Å². The summed E-state index contributed by atoms with van der Waals surface area (Å²) in [4.78, 5) is 28.1. The van der Waals surface area contributed by atoms with E-state index in [1.54, 1.807) is 4.90 Å². The molecule has 1 aromatic carbocycles. The van der Waals surface area contributed by atoms with Gasteiger partial charge >= 0.3 is 12.2 Å². The number of para-hydroxylation sites is 1. The van der Waals surface area contributed by atoms with E-state index in [1.807, 2.05) is 13.8 Å². The van der Waals surface area contributed by atoms with Crippen LogP contribution in [-0.4, -0.2) is 47.9 Å². The van der Waals surface area contributed by atoms with Crippen LogP contribution in [-0.2, 0) is 11.0 Å². The van der Waals surface area contributed by atoms with E-state index in [1.165, 1.54) is 23.1 Å². The number of rotatable bonds is 4. The molecule has 1 atom stereocenters. The normalized spacial score (nSPS) is 17.7. The number of carbonyl (C=O) groups excluding carboxylic acids is 2. The van der Waals surface area contributed by atoms with Crippen molar-refractivity contribution in [2.45, 2.75) is 32.9 Å². The zero-order valence-electron chi connectivity index (χ0n) is 15.0. The molecule has 0 radical (unpaired) electrons. The largest absolute Gasteiger partial charge is 0.418 e. The number of carbonyl (C=O) groups is 2. The van der Waals surface area contributed by atoms with E-state index in [0.717, 1.165) is 6.07 Å². The van der Waals surface area contributed by atoms with Crippen LogP contribution >= 0.6 is 0 Å². The molecular weight excluding hydrogens is 347 g/mol. The van der Waals surface area contributed by atoms with Crippen molar-refractivity contribution < 1.29 is 22.8 Å². The Bertz CT molecular complexity index is 645. The first-order valence-electron chi connectivity index (χ1n) is 8.78. The van der Waals surface area contributed by atoms with Gasteiger partial charge in [-0.3, -0.25) is 4.79 Å². The van der Waals surface area contributed by atoms with E-state index in [4.69, 9.17) is 0 Å². The lowest BCUT2D eigenvalue weighted by Gasteiger charge is -2.34. The molecule has 5 nitrogen and oxygen atoms in total. The Balaban J connectivity index is 2.08. The van der Waals surface area contributed by atoms with Crippen LogP contribution in [0.1, 0.15) is 32.3 Å². The Hall–Kier alpha value is -2.25. The lowest BCUT2D eigenvalue weighted by Crippen LogP contribution is -2.48. The van der Waals surface area contributed by atoms with Crippen LogP contribution in [0.15, 0.2) is 24.3 Å². The summed E-state index contributed by atoms with van der Waals surface area (Å²) in [5.74, 6) is -0.324. The first kappa shape index (κ1) is 20.1. The minimum Gasteiger partial charge on any atom is -0.343 e. The fourth-order valence-electron chi connectivity index (χ4n) is 3.19. The molecule has 0 bridgehead atoms. The van der Waals surface area contributed by atoms with Gasteiger partial charge in [0.15, 0.2) is 0 Å². The zero-order chi connectivity index (χ0) is 19.3. The second-order valence-electron chi connectivity index (χ2n) is 6.27. The number of benzene rings is 1. The second kappa shape index (κ2) is 8.42. The average Bonchev–Trinajstić information content (AvgIpc) is 2.62. The SMILES string of the molecule is CCN(CC)C(=O)C1CCCN(C(=O)Nc2ccccc2C(F)(F)F)C1. The summed E-state index contributed by atoms with van der Waals surface area (Å²) in [5, 5.41) is 2.35. The number of likely N-dealkylation sites (tertiary alicyclic amines) is 1. The molecule has 8 heteroatoms. The van der Waals surface area contributed by atoms with Crippen LogP contribution in [0.25, 0.3) is 0 Å². The third-order valence-electron chi connectivity index (χ3n) is 4.61. The van der Waals surface area contributed by atoms with Crippen molar-refractivity contribution in [2.75, 3.05) is 31.5 Å². The lowest BCUT2D eigenvalue weighted by atomic mass is 9.96. The second-order valence-corrected chi connectivity index (χ2v) is 6.27. The summed E-state index contributed by atoms with van der Waals surface area (Å²) >= 11 is 0. The Morgan fingerprint density at radius 3 is 2.50 bits per heavy atom. The van der Waals surface area contributed by atoms with Gasteiger partial charge in [0.25, 0.3) is 0 Å². The third kappa shape index (κ3) is 4.68. The van der Waals surface area contributed by atoms with Crippen molar-refractivity contribution in [3.05, 3.63) is 29.8 Å². The van der Waals surface area contributed by atoms with Gasteiger partial charge in [-0.1, -0.05) is 12.1 Å². The van der Waals surface area contributed by atoms with Crippen molar-refractivity contribution >= 4 is 17.6 Å². The molecule has 1 aliphatic rings. The number of urea groups is 1. The van der Waals surface area contributed by atoms with Crippen molar-refractivity contribution in [3.63, 3.8) is 0 Å². The molecule has 1 heterocycles. The molecule has 3 amide bonds. The molecule has 0 spiro atoms. The highest BCUT2D eigenvalue weighted by Crippen LogP contribution is 2.34. The molecule has 1 fully saturated rings. The smallest absolute Gasteiger partial charge is 0.343 e. The maximum Gasteiger partial charge on any atom is 0.418 e. The lowest BCUT2D eigenvalue weighted by molar-refractivity contribution is -0.137. The molecule has 1 aliphatic heterocycles. The number of piperidine rings is 1. The van der Waals surface area contributed by atoms with E-state index >= 15 is 0 Å². The maximum atomic E-state index is 13.1. The number of amides is 3. The molecule has 0 aliphatic carbocycles. The zero-order valence-corrected chi connectivity index (χ0v) is 15.0. The molecular formula is C18H24F3N3O2. The Labute approximate surface area is 151 Å². The predicted molar refractivity (Wildman–Crippen MR) is 92.7 cm³/mol. The first-order chi connectivity index (χ1) is 12.3. The van der Waals surface area contributed by atoms with E-state index < -0.39 is 17.8 Å². The Morgan fingerprint density at radius 2 is 1.88 bits per heavy atom. The number of nitrogens with zero attached hydrogens (tertiary/aromatic N) is 2. The first-order valence-corrected chi connectivity index (χ1v) is 8.78. The summed E-state index contributed by atoms with van der Waals surface area (Å²) < 4.78 is 39.2. The van der Waals surface area contributed by atoms with Crippen molar-refractivity contribution in [2.24, 2.45) is 5.92 Å². The van der Waals surface area contributed by atoms with Gasteiger partial charge in [-0.2, -0.15) is 13.2 Å². The van der Waals surface area contributed by atoms with Gasteiger partial charge < -0.3 is 15.1 Å². The van der Waals surface area contributed by atoms with Crippen molar-refractivity contribution in [1.29, 1.82) is 0 Å². The summed E-state index contributed by atoms with van der Waals surface area (Å²) in [7, 11) is 0. The molecule has 0 aromatic heterocycles. The molecule has 2 rings (SSSR count). The predicted octanol–water partition coefficient (Wildman–Crippen LogP) is 3.82. The van der Waals surface area contributed by atoms with Gasteiger partial charge in [0, 0.05) is 26.2 Å². The average molecular weight is 371 g/mol. The van der Waals surface area contributed by atoms with Crippen LogP contribution < -0.4 is 5.32 Å². The minimum atomic E-state index is -4.55. The van der Waals surface area contributed by atoms with Crippen LogP contribution in [0.5, 0.6) is 0 Å². The summed E-state index contributed by atoms with van der Waals surface area (Å²) in [5.41, 5.74) is -1.16. The number of hydrogen-bond acceptors (Lipinski definition) is 2. The number of alkyl halides is 3. The van der Waals surface area contributed by atoms with Crippen LogP contribution in [0, 0.1) is 5.92 Å². The summed E-state index contributed by atoms with van der Waals surface area (Å²) in [6.45, 7) is 5.61. The van der Waals surface area contributed by atoms with Gasteiger partial charge in [-0.05, 0) is 38.8 Å². The van der Waals surface area contributed by atoms with E-state index in [9.17, 15) is 22.8 Å². The maximum absolute atomic E-state index is 13.1. The van der Waals surface area contributed by atoms with Gasteiger partial charge in [0.1, 0.15) is 0 Å². The van der Waals surface area contributed by atoms with E-state index in [2.05, 4.69) is 5.32 Å². The number of nitrogens with one attached hydrogen (secondary N) is 1. The monoisotopic (exact) mass is 371 g/mol. The number of halogens is 3. The molecule has 26 heavy (non-hydrogen) atoms. The molecule has 1 N–H and O–H groups in total. The summed E-state index contributed by atoms with van der Waals surface area (Å²) in [6, 6.07) is 4.26. The highest BCUT2D eigenvalue weighted by Gasteiger charge is 2.35. The Kier molecular flexibility index (Phi) is 6.50. The van der Waals surface area contributed by atoms with E-state index in [0.29, 0.717) is 32.5 Å². The molecule has 1 saturated heterocycles. The number of anilines is 1. The standard InChI is InChI=1S/C18H24F3N3O2/c1-3-23(4-2)16(25)13-8-7-11-24(12-13)17(26)22-15-10-6-5-9-14(15)18(19,20)21/h5-6,9-10,13H,3-4,7-8,11-12H2,1-2H3,(H,22,26). The van der Waals surface area contributed by atoms with Gasteiger partial charge in [-0.15, -0.1) is 0 Å². The van der Waals surface area contributed by atoms with Crippen molar-refractivity contribution in [1.82, 2.24) is 9.80 Å². The minimum absolute atomic E-state index is 0.0109. The van der Waals surface area contributed by atoms with Crippen molar-refractivity contribution in [3.8, 4) is 0 Å². The Morgan fingerprint density at radius 1 is 1.23 bits per heavy atom. The highest BCUT2D eigenvalue weighted by atomic mass is 19.4. The van der Waals surface area contributed by atoms with Gasteiger partial charge in [0.2, 0.25) is 5.91 Å².